The van der Waals surface area contributed by atoms with Gasteiger partial charge in [-0.2, -0.15) is 5.10 Å². The highest BCUT2D eigenvalue weighted by Gasteiger charge is 2.35. The summed E-state index contributed by atoms with van der Waals surface area (Å²) in [6, 6.07) is -0.680. The summed E-state index contributed by atoms with van der Waals surface area (Å²) in [7, 11) is 0. The predicted molar refractivity (Wildman–Crippen MR) is 89.4 cm³/mol. The lowest BCUT2D eigenvalue weighted by Gasteiger charge is -2.29. The van der Waals surface area contributed by atoms with E-state index in [1.807, 2.05) is 4.90 Å². The molecule has 1 atom stereocenters. The second-order valence-electron chi connectivity index (χ2n) is 6.58. The van der Waals surface area contributed by atoms with E-state index in [-0.39, 0.29) is 48.8 Å². The zero-order valence-electron chi connectivity index (χ0n) is 13.5. The first-order valence-corrected chi connectivity index (χ1v) is 8.65. The molecule has 7 nitrogen and oxygen atoms in total. The van der Waals surface area contributed by atoms with Gasteiger partial charge in [-0.25, -0.2) is 18.7 Å². The molecule has 10 heteroatoms. The summed E-state index contributed by atoms with van der Waals surface area (Å²) < 4.78 is 26.3. The molecule has 2 heterocycles. The molecule has 1 aliphatic carbocycles. The molecule has 3 N–H and O–H groups in total. The van der Waals surface area contributed by atoms with Crippen molar-refractivity contribution < 1.29 is 13.6 Å². The number of rotatable bonds is 3. The molecule has 1 saturated carbocycles. The van der Waals surface area contributed by atoms with E-state index in [4.69, 9.17) is 11.6 Å². The fourth-order valence-electron chi connectivity index (χ4n) is 3.29. The Labute approximate surface area is 148 Å². The standard InChI is InChI=1S/C15H20ClF2N5O2/c16-12-11(7-19-22-13(12)24)23-6-3-10(8-23)21-14(25)20-9-1-4-15(17,18)5-2-9/h7,9-10H,1-6,8H2,(H,22,24)(H2,20,21,25)/t10-/m1/s1. The van der Waals surface area contributed by atoms with Crippen molar-refractivity contribution in [1.29, 1.82) is 0 Å². The van der Waals surface area contributed by atoms with Gasteiger partial charge in [-0.1, -0.05) is 11.6 Å². The number of hydrogen-bond acceptors (Lipinski definition) is 4. The molecule has 0 bridgehead atoms. The van der Waals surface area contributed by atoms with Crippen LogP contribution in [0, 0.1) is 0 Å². The number of alkyl halides is 2. The van der Waals surface area contributed by atoms with Crippen LogP contribution in [0.25, 0.3) is 0 Å². The van der Waals surface area contributed by atoms with Crippen molar-refractivity contribution in [3.05, 3.63) is 21.6 Å². The van der Waals surface area contributed by atoms with Crippen molar-refractivity contribution in [3.8, 4) is 0 Å². The monoisotopic (exact) mass is 375 g/mol. The van der Waals surface area contributed by atoms with Gasteiger partial charge in [-0.15, -0.1) is 0 Å². The highest BCUT2D eigenvalue weighted by molar-refractivity contribution is 6.33. The third-order valence-corrected chi connectivity index (χ3v) is 5.06. The third-order valence-electron chi connectivity index (χ3n) is 4.69. The Balaban J connectivity index is 1.49. The zero-order chi connectivity index (χ0) is 18.0. The number of aromatic nitrogens is 2. The maximum Gasteiger partial charge on any atom is 0.315 e. The first kappa shape index (κ1) is 17.9. The van der Waals surface area contributed by atoms with Gasteiger partial charge in [-0.05, 0) is 19.3 Å². The predicted octanol–water partition coefficient (Wildman–Crippen LogP) is 1.88. The topological polar surface area (TPSA) is 90.1 Å². The highest BCUT2D eigenvalue weighted by Crippen LogP contribution is 2.33. The van der Waals surface area contributed by atoms with E-state index in [2.05, 4.69) is 20.8 Å². The zero-order valence-corrected chi connectivity index (χ0v) is 14.3. The Morgan fingerprint density at radius 2 is 1.96 bits per heavy atom. The number of anilines is 1. The van der Waals surface area contributed by atoms with E-state index in [1.165, 1.54) is 6.20 Å². The maximum absolute atomic E-state index is 13.1. The first-order chi connectivity index (χ1) is 11.8. The van der Waals surface area contributed by atoms with Crippen molar-refractivity contribution in [1.82, 2.24) is 20.8 Å². The molecule has 2 aliphatic rings. The van der Waals surface area contributed by atoms with E-state index in [0.717, 1.165) is 0 Å². The number of nitrogens with one attached hydrogen (secondary N) is 3. The molecule has 1 aromatic rings. The van der Waals surface area contributed by atoms with Gasteiger partial charge in [0.05, 0.1) is 11.9 Å². The quantitative estimate of drug-likeness (QED) is 0.752. The van der Waals surface area contributed by atoms with Gasteiger partial charge in [0, 0.05) is 38.0 Å². The molecule has 0 aromatic carbocycles. The van der Waals surface area contributed by atoms with Crippen molar-refractivity contribution in [3.63, 3.8) is 0 Å². The molecule has 3 rings (SSSR count). The number of urea groups is 1. The molecule has 25 heavy (non-hydrogen) atoms. The van der Waals surface area contributed by atoms with Crippen LogP contribution in [-0.4, -0.2) is 47.3 Å². The van der Waals surface area contributed by atoms with Crippen molar-refractivity contribution >= 4 is 23.3 Å². The summed E-state index contributed by atoms with van der Waals surface area (Å²) in [6.07, 6.45) is 2.36. The summed E-state index contributed by atoms with van der Waals surface area (Å²) in [4.78, 5) is 25.5. The minimum atomic E-state index is -2.61. The number of hydrogen-bond donors (Lipinski definition) is 3. The Hall–Kier alpha value is -1.90. The Kier molecular flexibility index (Phi) is 5.12. The largest absolute Gasteiger partial charge is 0.367 e. The van der Waals surface area contributed by atoms with E-state index in [1.54, 1.807) is 0 Å². The minimum Gasteiger partial charge on any atom is -0.367 e. The number of nitrogens with zero attached hydrogens (tertiary/aromatic N) is 2. The average Bonchev–Trinajstić information content (AvgIpc) is 3.00. The lowest BCUT2D eigenvalue weighted by atomic mass is 9.92. The van der Waals surface area contributed by atoms with Crippen LogP contribution in [0.15, 0.2) is 11.0 Å². The fourth-order valence-corrected chi connectivity index (χ4v) is 3.50. The number of carbonyl (C=O) groups is 1. The van der Waals surface area contributed by atoms with E-state index in [0.29, 0.717) is 25.2 Å². The molecule has 2 amide bonds. The Bertz CT molecular complexity index is 689. The lowest BCUT2D eigenvalue weighted by molar-refractivity contribution is -0.0395. The van der Waals surface area contributed by atoms with E-state index in [9.17, 15) is 18.4 Å². The van der Waals surface area contributed by atoms with E-state index >= 15 is 0 Å². The van der Waals surface area contributed by atoms with Crippen LogP contribution in [0.2, 0.25) is 5.02 Å². The van der Waals surface area contributed by atoms with Crippen LogP contribution in [0.4, 0.5) is 19.3 Å². The number of halogens is 3. The molecule has 2 fully saturated rings. The summed E-state index contributed by atoms with van der Waals surface area (Å²) in [5, 5.41) is 11.7. The summed E-state index contributed by atoms with van der Waals surface area (Å²) >= 11 is 5.99. The molecule has 0 spiro atoms. The van der Waals surface area contributed by atoms with Gasteiger partial charge in [0.2, 0.25) is 5.92 Å². The fraction of sp³-hybridized carbons (Fsp3) is 0.667. The smallest absolute Gasteiger partial charge is 0.315 e. The van der Waals surface area contributed by atoms with Crippen molar-refractivity contribution in [2.45, 2.75) is 50.1 Å². The molecule has 1 aromatic heterocycles. The summed E-state index contributed by atoms with van der Waals surface area (Å²) in [5.41, 5.74) is 0.0760. The van der Waals surface area contributed by atoms with Crippen molar-refractivity contribution in [2.75, 3.05) is 18.0 Å². The highest BCUT2D eigenvalue weighted by atomic mass is 35.5. The van der Waals surface area contributed by atoms with Crippen molar-refractivity contribution in [2.24, 2.45) is 0 Å². The average molecular weight is 376 g/mol. The molecular formula is C15H20ClF2N5O2. The van der Waals surface area contributed by atoms with Gasteiger partial charge in [0.1, 0.15) is 5.02 Å². The lowest BCUT2D eigenvalue weighted by Crippen LogP contribution is -2.48. The van der Waals surface area contributed by atoms with Crippen LogP contribution < -0.4 is 21.1 Å². The van der Waals surface area contributed by atoms with Crippen LogP contribution in [-0.2, 0) is 0 Å². The molecule has 138 valence electrons. The van der Waals surface area contributed by atoms with Gasteiger partial charge < -0.3 is 15.5 Å². The van der Waals surface area contributed by atoms with Crippen LogP contribution in [0.3, 0.4) is 0 Å². The van der Waals surface area contributed by atoms with Gasteiger partial charge in [0.15, 0.2) is 0 Å². The normalized spacial score (nSPS) is 23.5. The number of aromatic amines is 1. The minimum absolute atomic E-state index is 0.0724. The molecule has 1 saturated heterocycles. The van der Waals surface area contributed by atoms with Gasteiger partial charge in [-0.3, -0.25) is 4.79 Å². The SMILES string of the molecule is O=C(NC1CCC(F)(F)CC1)N[C@@H]1CCN(c2cn[nH]c(=O)c2Cl)C1. The Morgan fingerprint density at radius 3 is 2.68 bits per heavy atom. The van der Waals surface area contributed by atoms with Gasteiger partial charge in [0.25, 0.3) is 5.56 Å². The number of amides is 2. The van der Waals surface area contributed by atoms with E-state index < -0.39 is 11.5 Å². The number of carbonyl (C=O) groups excluding carboxylic acids is 1. The molecule has 0 unspecified atom stereocenters. The van der Waals surface area contributed by atoms with Crippen LogP contribution >= 0.6 is 11.6 Å². The maximum atomic E-state index is 13.1. The molecule has 1 aliphatic heterocycles. The first-order valence-electron chi connectivity index (χ1n) is 8.27. The summed E-state index contributed by atoms with van der Waals surface area (Å²) in [6.45, 7) is 1.13. The summed E-state index contributed by atoms with van der Waals surface area (Å²) in [5.74, 6) is -2.61. The van der Waals surface area contributed by atoms with Crippen LogP contribution in [0.1, 0.15) is 32.1 Å². The number of H-pyrrole nitrogens is 1. The third kappa shape index (κ3) is 4.39. The molecular weight excluding hydrogens is 356 g/mol. The van der Waals surface area contributed by atoms with Gasteiger partial charge >= 0.3 is 6.03 Å². The second-order valence-corrected chi connectivity index (χ2v) is 6.96. The molecule has 0 radical (unpaired) electrons. The Morgan fingerprint density at radius 1 is 1.28 bits per heavy atom. The second kappa shape index (κ2) is 7.15. The van der Waals surface area contributed by atoms with Crippen LogP contribution in [0.5, 0.6) is 0 Å².